The lowest BCUT2D eigenvalue weighted by Gasteiger charge is -2.25. The molecule has 4 aromatic rings. The van der Waals surface area contributed by atoms with Gasteiger partial charge in [0.15, 0.2) is 5.82 Å². The molecule has 1 aliphatic heterocycles. The van der Waals surface area contributed by atoms with Gasteiger partial charge in [0, 0.05) is 12.3 Å². The van der Waals surface area contributed by atoms with Crippen molar-refractivity contribution in [3.63, 3.8) is 0 Å². The van der Waals surface area contributed by atoms with Crippen LogP contribution in [0.4, 0.5) is 0 Å². The molecule has 0 spiro atoms. The number of nitriles is 1. The maximum Gasteiger partial charge on any atom is 0.347 e. The number of hydrogen-bond donors (Lipinski definition) is 0. The Balaban J connectivity index is 1.71. The molecule has 0 amide bonds. The van der Waals surface area contributed by atoms with Crippen LogP contribution in [0.15, 0.2) is 45.7 Å². The number of hydrogen-bond acceptors (Lipinski definition) is 8. The molecule has 31 heavy (non-hydrogen) atoms. The number of nitrogens with zero attached hydrogens (tertiary/aromatic N) is 5. The van der Waals surface area contributed by atoms with Crippen LogP contribution in [0.2, 0.25) is 5.02 Å². The summed E-state index contributed by atoms with van der Waals surface area (Å²) >= 11 is 6.33. The lowest BCUT2D eigenvalue weighted by molar-refractivity contribution is -0.0814. The second-order valence-corrected chi connectivity index (χ2v) is 7.38. The highest BCUT2D eigenvalue weighted by molar-refractivity contribution is 6.32. The minimum absolute atomic E-state index is 0.0271. The van der Waals surface area contributed by atoms with E-state index in [1.165, 1.54) is 10.7 Å². The van der Waals surface area contributed by atoms with Crippen LogP contribution in [0, 0.1) is 18.3 Å². The van der Waals surface area contributed by atoms with E-state index >= 15 is 0 Å². The molecular formula is C21H14ClN5O4. The molecule has 1 saturated heterocycles. The van der Waals surface area contributed by atoms with Gasteiger partial charge >= 0.3 is 5.63 Å². The van der Waals surface area contributed by atoms with Crippen molar-refractivity contribution in [3.8, 4) is 29.4 Å². The highest BCUT2D eigenvalue weighted by Gasteiger charge is 2.25. The summed E-state index contributed by atoms with van der Waals surface area (Å²) in [6.07, 6.45) is 1.46. The molecule has 4 heterocycles. The fourth-order valence-electron chi connectivity index (χ4n) is 3.24. The number of ether oxygens (including phenoxy) is 2. The normalized spacial score (nSPS) is 13.7. The maximum absolute atomic E-state index is 12.7. The van der Waals surface area contributed by atoms with E-state index in [4.69, 9.17) is 25.5 Å². The number of pyridine rings is 1. The van der Waals surface area contributed by atoms with Gasteiger partial charge in [-0.15, -0.1) is 5.10 Å². The van der Waals surface area contributed by atoms with Gasteiger partial charge in [-0.1, -0.05) is 11.6 Å². The van der Waals surface area contributed by atoms with E-state index in [0.717, 1.165) is 0 Å². The minimum atomic E-state index is -0.616. The molecule has 1 fully saturated rings. The van der Waals surface area contributed by atoms with E-state index in [2.05, 4.69) is 15.1 Å². The zero-order chi connectivity index (χ0) is 21.5. The van der Waals surface area contributed by atoms with E-state index < -0.39 is 5.63 Å². The third kappa shape index (κ3) is 3.42. The standard InChI is InChI=1S/C21H14ClN5O4/c1-11-5-12(8-23)6-14-18(11)25-20(31-21(14)28)16-7-17(30-13-9-29-10-13)26-27(16)19-15(22)3-2-4-24-19/h2-7,13H,9-10H2,1H3. The van der Waals surface area contributed by atoms with E-state index in [0.29, 0.717) is 52.3 Å². The Morgan fingerprint density at radius 2 is 2.16 bits per heavy atom. The van der Waals surface area contributed by atoms with Crippen molar-refractivity contribution < 1.29 is 13.9 Å². The molecule has 1 aliphatic rings. The van der Waals surface area contributed by atoms with Crippen molar-refractivity contribution in [2.75, 3.05) is 13.2 Å². The number of aryl methyl sites for hydroxylation is 1. The summed E-state index contributed by atoms with van der Waals surface area (Å²) in [6.45, 7) is 2.71. The minimum Gasteiger partial charge on any atom is -0.468 e. The largest absolute Gasteiger partial charge is 0.468 e. The molecule has 3 aromatic heterocycles. The molecule has 0 unspecified atom stereocenters. The average Bonchev–Trinajstić information content (AvgIpc) is 3.15. The van der Waals surface area contributed by atoms with Crippen LogP contribution in [0.5, 0.6) is 5.88 Å². The SMILES string of the molecule is Cc1cc(C#N)cc2c(=O)oc(-c3cc(OC4COC4)nn3-c3ncccc3Cl)nc12. The topological polar surface area (TPSA) is 116 Å². The van der Waals surface area contributed by atoms with Crippen LogP contribution in [0.25, 0.3) is 28.3 Å². The second kappa shape index (κ2) is 7.50. The highest BCUT2D eigenvalue weighted by atomic mass is 35.5. The first-order valence-electron chi connectivity index (χ1n) is 9.35. The Kier molecular flexibility index (Phi) is 4.66. The summed E-state index contributed by atoms with van der Waals surface area (Å²) in [4.78, 5) is 21.5. The Bertz CT molecular complexity index is 1420. The highest BCUT2D eigenvalue weighted by Crippen LogP contribution is 2.30. The number of halogens is 1. The average molecular weight is 436 g/mol. The third-order valence-corrected chi connectivity index (χ3v) is 5.09. The van der Waals surface area contributed by atoms with Gasteiger partial charge in [0.1, 0.15) is 11.8 Å². The van der Waals surface area contributed by atoms with Gasteiger partial charge in [-0.3, -0.25) is 0 Å². The van der Waals surface area contributed by atoms with Crippen molar-refractivity contribution in [3.05, 3.63) is 63.1 Å². The van der Waals surface area contributed by atoms with Crippen LogP contribution in [-0.2, 0) is 4.74 Å². The quantitative estimate of drug-likeness (QED) is 0.480. The Labute approximate surface area is 180 Å². The summed E-state index contributed by atoms with van der Waals surface area (Å²) in [5.41, 5.74) is 1.19. The first-order chi connectivity index (χ1) is 15.0. The van der Waals surface area contributed by atoms with E-state index in [1.807, 2.05) is 6.07 Å². The van der Waals surface area contributed by atoms with Gasteiger partial charge < -0.3 is 13.9 Å². The lowest BCUT2D eigenvalue weighted by atomic mass is 10.1. The van der Waals surface area contributed by atoms with Gasteiger partial charge in [-0.25, -0.2) is 19.4 Å². The number of fused-ring (bicyclic) bond motifs is 1. The molecule has 1 aromatic carbocycles. The summed E-state index contributed by atoms with van der Waals surface area (Å²) in [6, 6.07) is 10.1. The van der Waals surface area contributed by atoms with Gasteiger partial charge in [0.25, 0.3) is 0 Å². The van der Waals surface area contributed by atoms with Crippen molar-refractivity contribution in [1.29, 1.82) is 5.26 Å². The third-order valence-electron chi connectivity index (χ3n) is 4.79. The summed E-state index contributed by atoms with van der Waals surface area (Å²) in [5, 5.41) is 14.2. The smallest absolute Gasteiger partial charge is 0.347 e. The molecule has 5 rings (SSSR count). The van der Waals surface area contributed by atoms with Crippen molar-refractivity contribution in [2.45, 2.75) is 13.0 Å². The van der Waals surface area contributed by atoms with E-state index in [1.54, 1.807) is 37.4 Å². The van der Waals surface area contributed by atoms with Crippen LogP contribution in [0.1, 0.15) is 11.1 Å². The van der Waals surface area contributed by atoms with Crippen molar-refractivity contribution >= 4 is 22.5 Å². The Hall–Kier alpha value is -3.74. The van der Waals surface area contributed by atoms with Crippen molar-refractivity contribution in [2.24, 2.45) is 0 Å². The molecular weight excluding hydrogens is 422 g/mol. The molecule has 10 heteroatoms. The Morgan fingerprint density at radius 1 is 1.32 bits per heavy atom. The molecule has 0 bridgehead atoms. The Morgan fingerprint density at radius 3 is 2.87 bits per heavy atom. The molecule has 0 saturated carbocycles. The van der Waals surface area contributed by atoms with Crippen LogP contribution in [-0.4, -0.2) is 39.1 Å². The number of rotatable bonds is 4. The van der Waals surface area contributed by atoms with Gasteiger partial charge in [0.2, 0.25) is 11.8 Å². The second-order valence-electron chi connectivity index (χ2n) is 6.97. The monoisotopic (exact) mass is 435 g/mol. The van der Waals surface area contributed by atoms with Gasteiger partial charge in [0.05, 0.1) is 40.8 Å². The summed E-state index contributed by atoms with van der Waals surface area (Å²) in [5.74, 6) is 0.658. The summed E-state index contributed by atoms with van der Waals surface area (Å²) < 4.78 is 17.9. The van der Waals surface area contributed by atoms with Crippen molar-refractivity contribution in [1.82, 2.24) is 19.7 Å². The molecule has 0 atom stereocenters. The molecule has 154 valence electrons. The van der Waals surface area contributed by atoms with Gasteiger partial charge in [-0.05, 0) is 36.8 Å². The number of benzene rings is 1. The fraction of sp³-hybridized carbons (Fsp3) is 0.190. The van der Waals surface area contributed by atoms with E-state index in [-0.39, 0.29) is 17.4 Å². The molecule has 0 N–H and O–H groups in total. The predicted molar refractivity (Wildman–Crippen MR) is 110 cm³/mol. The van der Waals surface area contributed by atoms with Crippen LogP contribution < -0.4 is 10.4 Å². The van der Waals surface area contributed by atoms with Crippen LogP contribution in [0.3, 0.4) is 0 Å². The van der Waals surface area contributed by atoms with Gasteiger partial charge in [-0.2, -0.15) is 5.26 Å². The lowest BCUT2D eigenvalue weighted by Crippen LogP contribution is -2.38. The van der Waals surface area contributed by atoms with Crippen LogP contribution >= 0.6 is 11.6 Å². The summed E-state index contributed by atoms with van der Waals surface area (Å²) in [7, 11) is 0. The number of aromatic nitrogens is 4. The molecule has 9 nitrogen and oxygen atoms in total. The zero-order valence-corrected chi connectivity index (χ0v) is 17.0. The fourth-order valence-corrected chi connectivity index (χ4v) is 3.44. The zero-order valence-electron chi connectivity index (χ0n) is 16.2. The molecule has 0 radical (unpaired) electrons. The van der Waals surface area contributed by atoms with E-state index in [9.17, 15) is 10.1 Å². The first-order valence-corrected chi connectivity index (χ1v) is 9.72. The first kappa shape index (κ1) is 19.2. The maximum atomic E-state index is 12.7. The predicted octanol–water partition coefficient (Wildman–Crippen LogP) is 3.05. The molecule has 0 aliphatic carbocycles.